The van der Waals surface area contributed by atoms with Crippen LogP contribution < -0.4 is 10.0 Å². The van der Waals surface area contributed by atoms with Crippen molar-refractivity contribution in [2.45, 2.75) is 24.9 Å². The molecular formula is C7H9BrN4O2S2. The Balaban J connectivity index is 2.49. The van der Waals surface area contributed by atoms with Gasteiger partial charge in [-0.05, 0) is 29.8 Å². The molecule has 0 saturated carbocycles. The van der Waals surface area contributed by atoms with Gasteiger partial charge in [-0.3, -0.25) is 0 Å². The van der Waals surface area contributed by atoms with Gasteiger partial charge in [0.25, 0.3) is 10.0 Å². The van der Waals surface area contributed by atoms with Gasteiger partial charge in [-0.2, -0.15) is 8.42 Å². The Kier molecular flexibility index (Phi) is 2.93. The van der Waals surface area contributed by atoms with Gasteiger partial charge in [-0.1, -0.05) is 11.3 Å². The Hall–Kier alpha value is -0.670. The Labute approximate surface area is 105 Å². The van der Waals surface area contributed by atoms with E-state index in [4.69, 9.17) is 0 Å². The summed E-state index contributed by atoms with van der Waals surface area (Å²) >= 11 is 4.37. The van der Waals surface area contributed by atoms with Gasteiger partial charge in [0.05, 0.1) is 0 Å². The van der Waals surface area contributed by atoms with Crippen LogP contribution in [0.4, 0.5) is 5.00 Å². The summed E-state index contributed by atoms with van der Waals surface area (Å²) in [6.45, 7) is 3.72. The Bertz CT molecular complexity index is 549. The van der Waals surface area contributed by atoms with E-state index in [0.29, 0.717) is 8.92 Å². The molecule has 0 fully saturated rings. The summed E-state index contributed by atoms with van der Waals surface area (Å²) in [5.74, 6) is 0.235. The molecule has 1 aliphatic heterocycles. The molecule has 0 bridgehead atoms. The van der Waals surface area contributed by atoms with E-state index in [0.717, 1.165) is 0 Å². The lowest BCUT2D eigenvalue weighted by Crippen LogP contribution is -2.40. The summed E-state index contributed by atoms with van der Waals surface area (Å²) in [5, 5.41) is 3.37. The second-order valence-corrected chi connectivity index (χ2v) is 7.28. The number of thiazole rings is 1. The molecule has 16 heavy (non-hydrogen) atoms. The molecule has 1 aliphatic rings. The first-order valence-corrected chi connectivity index (χ1v) is 7.52. The number of hydrogen-bond acceptors (Lipinski definition) is 5. The number of fused-ring (bicyclic) bond motifs is 1. The molecule has 0 aliphatic carbocycles. The highest BCUT2D eigenvalue weighted by molar-refractivity contribution is 9.11. The van der Waals surface area contributed by atoms with E-state index in [2.05, 4.69) is 35.9 Å². The number of anilines is 1. The van der Waals surface area contributed by atoms with Gasteiger partial charge in [0, 0.05) is 6.04 Å². The monoisotopic (exact) mass is 324 g/mol. The fourth-order valence-electron chi connectivity index (χ4n) is 1.17. The number of nitrogens with zero attached hydrogens (tertiary/aromatic N) is 2. The first-order valence-electron chi connectivity index (χ1n) is 4.42. The highest BCUT2D eigenvalue weighted by atomic mass is 79.9. The number of aromatic nitrogens is 1. The first-order chi connectivity index (χ1) is 7.38. The van der Waals surface area contributed by atoms with E-state index in [1.54, 1.807) is 0 Å². The smallest absolute Gasteiger partial charge is 0.284 e. The van der Waals surface area contributed by atoms with Crippen LogP contribution >= 0.6 is 27.3 Å². The average Bonchev–Trinajstić information content (AvgIpc) is 2.44. The van der Waals surface area contributed by atoms with Gasteiger partial charge >= 0.3 is 0 Å². The van der Waals surface area contributed by atoms with E-state index < -0.39 is 10.0 Å². The van der Waals surface area contributed by atoms with Gasteiger partial charge in [0.2, 0.25) is 11.0 Å². The van der Waals surface area contributed by atoms with Crippen molar-refractivity contribution in [3.8, 4) is 0 Å². The molecule has 2 rings (SSSR count). The minimum absolute atomic E-state index is 0.00288. The minimum atomic E-state index is -3.59. The van der Waals surface area contributed by atoms with Gasteiger partial charge in [-0.25, -0.2) is 14.7 Å². The molecule has 6 nitrogen and oxygen atoms in total. The summed E-state index contributed by atoms with van der Waals surface area (Å²) in [6, 6.07) is 0.00288. The summed E-state index contributed by atoms with van der Waals surface area (Å²) < 4.78 is 26.4. The largest absolute Gasteiger partial charge is 0.315 e. The van der Waals surface area contributed by atoms with Gasteiger partial charge in [0.1, 0.15) is 5.00 Å². The zero-order valence-electron chi connectivity index (χ0n) is 8.48. The standard InChI is InChI=1S/C7H9BrN4O2S2/c1-3(2)9-7-10-4-5(11-6(8)15-4)16(13,14)12-7/h3H,1-2H3,(H2,9,10,12). The molecule has 0 amide bonds. The average molecular weight is 325 g/mol. The fraction of sp³-hybridized carbons (Fsp3) is 0.429. The quantitative estimate of drug-likeness (QED) is 0.817. The third-order valence-electron chi connectivity index (χ3n) is 1.67. The van der Waals surface area contributed by atoms with Gasteiger partial charge in [-0.15, -0.1) is 0 Å². The number of sulfonamides is 1. The number of nitrogens with one attached hydrogen (secondary N) is 2. The fourth-order valence-corrected chi connectivity index (χ4v) is 4.01. The van der Waals surface area contributed by atoms with Crippen molar-refractivity contribution in [3.05, 3.63) is 3.92 Å². The Morgan fingerprint density at radius 3 is 2.81 bits per heavy atom. The maximum absolute atomic E-state index is 11.8. The number of guanidine groups is 1. The van der Waals surface area contributed by atoms with Gasteiger partial charge < -0.3 is 5.32 Å². The van der Waals surface area contributed by atoms with Crippen molar-refractivity contribution in [1.82, 2.24) is 9.71 Å². The summed E-state index contributed by atoms with van der Waals surface area (Å²) in [4.78, 5) is 8.00. The Morgan fingerprint density at radius 2 is 2.19 bits per heavy atom. The lowest BCUT2D eigenvalue weighted by molar-refractivity contribution is 0.588. The number of hydrogen-bond donors (Lipinski definition) is 2. The van der Waals surface area contributed by atoms with Crippen LogP contribution in [-0.2, 0) is 10.0 Å². The SMILES string of the molecule is CC(C)N=C1Nc2sc(Br)nc2S(=O)(=O)N1. The van der Waals surface area contributed by atoms with Crippen LogP contribution in [0.2, 0.25) is 0 Å². The molecule has 9 heteroatoms. The summed E-state index contributed by atoms with van der Waals surface area (Å²) in [5.41, 5.74) is 0. The van der Waals surface area contributed by atoms with E-state index in [-0.39, 0.29) is 17.0 Å². The highest BCUT2D eigenvalue weighted by Crippen LogP contribution is 2.33. The molecule has 2 heterocycles. The van der Waals surface area contributed by atoms with Crippen LogP contribution in [0.1, 0.15) is 13.8 Å². The molecule has 2 N–H and O–H groups in total. The predicted octanol–water partition coefficient (Wildman–Crippen LogP) is 1.37. The normalized spacial score (nSPS) is 20.4. The molecular weight excluding hydrogens is 316 g/mol. The van der Waals surface area contributed by atoms with E-state index in [1.807, 2.05) is 13.8 Å². The number of rotatable bonds is 1. The molecule has 0 saturated heterocycles. The first kappa shape index (κ1) is 11.8. The molecule has 0 unspecified atom stereocenters. The van der Waals surface area contributed by atoms with Crippen molar-refractivity contribution in [2.75, 3.05) is 5.32 Å². The highest BCUT2D eigenvalue weighted by Gasteiger charge is 2.30. The summed E-state index contributed by atoms with van der Waals surface area (Å²) in [6.07, 6.45) is 0. The van der Waals surface area contributed by atoms with Crippen LogP contribution in [0.3, 0.4) is 0 Å². The van der Waals surface area contributed by atoms with Crippen LogP contribution in [0.15, 0.2) is 13.9 Å². The molecule has 1 aromatic heterocycles. The van der Waals surface area contributed by atoms with E-state index in [1.165, 1.54) is 11.3 Å². The van der Waals surface area contributed by atoms with Crippen LogP contribution in [-0.4, -0.2) is 25.4 Å². The molecule has 0 aromatic carbocycles. The van der Waals surface area contributed by atoms with Crippen LogP contribution in [0.5, 0.6) is 0 Å². The Morgan fingerprint density at radius 1 is 1.50 bits per heavy atom. The second-order valence-electron chi connectivity index (χ2n) is 3.40. The predicted molar refractivity (Wildman–Crippen MR) is 66.3 cm³/mol. The zero-order chi connectivity index (χ0) is 11.9. The maximum atomic E-state index is 11.8. The molecule has 0 radical (unpaired) electrons. The number of halogens is 1. The zero-order valence-corrected chi connectivity index (χ0v) is 11.7. The minimum Gasteiger partial charge on any atom is -0.315 e. The van der Waals surface area contributed by atoms with Crippen molar-refractivity contribution in [3.63, 3.8) is 0 Å². The maximum Gasteiger partial charge on any atom is 0.284 e. The van der Waals surface area contributed by atoms with Crippen molar-refractivity contribution >= 4 is 48.3 Å². The summed E-state index contributed by atoms with van der Waals surface area (Å²) in [7, 11) is -3.59. The van der Waals surface area contributed by atoms with E-state index >= 15 is 0 Å². The van der Waals surface area contributed by atoms with Crippen LogP contribution in [0, 0.1) is 0 Å². The topological polar surface area (TPSA) is 83.5 Å². The second kappa shape index (κ2) is 3.97. The third kappa shape index (κ3) is 2.20. The lowest BCUT2D eigenvalue weighted by atomic mass is 10.4. The number of aliphatic imine (C=N–C) groups is 1. The van der Waals surface area contributed by atoms with Crippen molar-refractivity contribution in [1.29, 1.82) is 0 Å². The molecule has 1 aromatic rings. The molecule has 0 spiro atoms. The van der Waals surface area contributed by atoms with Crippen LogP contribution in [0.25, 0.3) is 0 Å². The van der Waals surface area contributed by atoms with Crippen molar-refractivity contribution in [2.24, 2.45) is 4.99 Å². The third-order valence-corrected chi connectivity index (χ3v) is 4.49. The molecule has 88 valence electrons. The van der Waals surface area contributed by atoms with E-state index in [9.17, 15) is 8.42 Å². The molecule has 0 atom stereocenters. The van der Waals surface area contributed by atoms with Gasteiger partial charge in [0.15, 0.2) is 3.92 Å². The van der Waals surface area contributed by atoms with Crippen molar-refractivity contribution < 1.29 is 8.42 Å². The lowest BCUT2D eigenvalue weighted by Gasteiger charge is -2.17.